The smallest absolute Gasteiger partial charge is 0.317 e. The van der Waals surface area contributed by atoms with Crippen molar-refractivity contribution in [2.75, 3.05) is 13.1 Å². The summed E-state index contributed by atoms with van der Waals surface area (Å²) in [6.45, 7) is 6.30. The number of aryl methyl sites for hydroxylation is 1. The molecule has 0 radical (unpaired) electrons. The van der Waals surface area contributed by atoms with Gasteiger partial charge in [-0.15, -0.1) is 0 Å². The van der Waals surface area contributed by atoms with Crippen molar-refractivity contribution in [1.29, 1.82) is 0 Å². The van der Waals surface area contributed by atoms with E-state index in [9.17, 15) is 4.79 Å². The van der Waals surface area contributed by atoms with Crippen molar-refractivity contribution in [3.8, 4) is 5.69 Å². The van der Waals surface area contributed by atoms with E-state index in [4.69, 9.17) is 0 Å². The highest BCUT2D eigenvalue weighted by atomic mass is 16.2. The van der Waals surface area contributed by atoms with Crippen LogP contribution < -0.4 is 5.32 Å². The largest absolute Gasteiger partial charge is 0.334 e. The third-order valence-electron chi connectivity index (χ3n) is 4.25. The zero-order chi connectivity index (χ0) is 15.5. The second-order valence-corrected chi connectivity index (χ2v) is 5.75. The Balaban J connectivity index is 1.74. The van der Waals surface area contributed by atoms with Crippen LogP contribution in [-0.4, -0.2) is 33.8 Å². The van der Waals surface area contributed by atoms with E-state index in [-0.39, 0.29) is 6.03 Å². The Kier molecular flexibility index (Phi) is 4.13. The van der Waals surface area contributed by atoms with Crippen LogP contribution >= 0.6 is 0 Å². The minimum absolute atomic E-state index is 0.0313. The summed E-state index contributed by atoms with van der Waals surface area (Å²) in [4.78, 5) is 14.0. The van der Waals surface area contributed by atoms with Crippen LogP contribution in [0.2, 0.25) is 0 Å². The fourth-order valence-corrected chi connectivity index (χ4v) is 2.95. The molecule has 5 nitrogen and oxygen atoms in total. The van der Waals surface area contributed by atoms with Crippen LogP contribution in [0.15, 0.2) is 30.3 Å². The lowest BCUT2D eigenvalue weighted by Gasteiger charge is -2.16. The molecule has 1 aliphatic rings. The molecule has 2 amide bonds. The topological polar surface area (TPSA) is 50.2 Å². The summed E-state index contributed by atoms with van der Waals surface area (Å²) in [7, 11) is 0. The van der Waals surface area contributed by atoms with E-state index in [0.717, 1.165) is 48.6 Å². The molecule has 1 aromatic heterocycles. The first kappa shape index (κ1) is 14.6. The van der Waals surface area contributed by atoms with E-state index >= 15 is 0 Å². The van der Waals surface area contributed by atoms with Gasteiger partial charge < -0.3 is 10.2 Å². The monoisotopic (exact) mass is 298 g/mol. The number of nitrogens with one attached hydrogen (secondary N) is 1. The molecule has 0 aliphatic carbocycles. The molecule has 0 atom stereocenters. The summed E-state index contributed by atoms with van der Waals surface area (Å²) in [6.07, 6.45) is 2.22. The van der Waals surface area contributed by atoms with Gasteiger partial charge in [0.1, 0.15) is 0 Å². The number of likely N-dealkylation sites (tertiary alicyclic amines) is 1. The van der Waals surface area contributed by atoms with E-state index in [1.54, 1.807) is 0 Å². The number of carbonyl (C=O) groups is 1. The predicted octanol–water partition coefficient (Wildman–Crippen LogP) is 2.79. The van der Waals surface area contributed by atoms with Gasteiger partial charge in [-0.2, -0.15) is 5.10 Å². The van der Waals surface area contributed by atoms with Gasteiger partial charge in [0, 0.05) is 30.9 Å². The van der Waals surface area contributed by atoms with Gasteiger partial charge in [0.05, 0.1) is 11.4 Å². The Morgan fingerprint density at radius 2 is 1.86 bits per heavy atom. The molecule has 1 aromatic carbocycles. The lowest BCUT2D eigenvalue weighted by Crippen LogP contribution is -2.37. The molecule has 0 spiro atoms. The van der Waals surface area contributed by atoms with Gasteiger partial charge in [-0.1, -0.05) is 18.2 Å². The zero-order valence-electron chi connectivity index (χ0n) is 13.2. The van der Waals surface area contributed by atoms with Crippen LogP contribution in [-0.2, 0) is 6.54 Å². The van der Waals surface area contributed by atoms with Crippen LogP contribution in [0, 0.1) is 13.8 Å². The lowest BCUT2D eigenvalue weighted by molar-refractivity contribution is 0.208. The van der Waals surface area contributed by atoms with Crippen LogP contribution in [0.3, 0.4) is 0 Å². The van der Waals surface area contributed by atoms with E-state index < -0.39 is 0 Å². The Labute approximate surface area is 130 Å². The van der Waals surface area contributed by atoms with Crippen molar-refractivity contribution in [3.63, 3.8) is 0 Å². The molecule has 22 heavy (non-hydrogen) atoms. The molecule has 1 saturated heterocycles. The molecule has 1 fully saturated rings. The molecular weight excluding hydrogens is 276 g/mol. The molecule has 116 valence electrons. The predicted molar refractivity (Wildman–Crippen MR) is 86.1 cm³/mol. The highest BCUT2D eigenvalue weighted by Crippen LogP contribution is 2.18. The van der Waals surface area contributed by atoms with Gasteiger partial charge in [0.2, 0.25) is 0 Å². The highest BCUT2D eigenvalue weighted by molar-refractivity contribution is 5.74. The van der Waals surface area contributed by atoms with Crippen LogP contribution in [0.5, 0.6) is 0 Å². The fourth-order valence-electron chi connectivity index (χ4n) is 2.95. The van der Waals surface area contributed by atoms with Crippen molar-refractivity contribution >= 4 is 6.03 Å². The average Bonchev–Trinajstić information content (AvgIpc) is 3.15. The maximum Gasteiger partial charge on any atom is 0.317 e. The molecule has 1 N–H and O–H groups in total. The summed E-state index contributed by atoms with van der Waals surface area (Å²) in [5.41, 5.74) is 4.17. The van der Waals surface area contributed by atoms with Crippen molar-refractivity contribution in [3.05, 3.63) is 47.3 Å². The number of rotatable bonds is 3. The normalized spacial score (nSPS) is 14.4. The number of carbonyl (C=O) groups excluding carboxylic acids is 1. The van der Waals surface area contributed by atoms with E-state index in [1.807, 2.05) is 53.8 Å². The standard InChI is InChI=1S/C17H22N4O/c1-13-16(12-18-17(22)20-10-6-7-11-20)14(2)21(19-13)15-8-4-3-5-9-15/h3-5,8-9H,6-7,10-12H2,1-2H3,(H,18,22). The summed E-state index contributed by atoms with van der Waals surface area (Å²) < 4.78 is 1.94. The summed E-state index contributed by atoms with van der Waals surface area (Å²) in [6, 6.07) is 10.1. The van der Waals surface area contributed by atoms with Crippen LogP contribution in [0.1, 0.15) is 29.8 Å². The van der Waals surface area contributed by atoms with Gasteiger partial charge >= 0.3 is 6.03 Å². The molecular formula is C17H22N4O. The Morgan fingerprint density at radius 1 is 1.18 bits per heavy atom. The Morgan fingerprint density at radius 3 is 2.55 bits per heavy atom. The van der Waals surface area contributed by atoms with Crippen molar-refractivity contribution in [2.24, 2.45) is 0 Å². The number of benzene rings is 1. The number of urea groups is 1. The Hall–Kier alpha value is -2.30. The summed E-state index contributed by atoms with van der Waals surface area (Å²) in [5.74, 6) is 0. The van der Waals surface area contributed by atoms with E-state index in [0.29, 0.717) is 6.54 Å². The van der Waals surface area contributed by atoms with Crippen molar-refractivity contribution in [1.82, 2.24) is 20.0 Å². The molecule has 0 bridgehead atoms. The number of nitrogens with zero attached hydrogens (tertiary/aromatic N) is 3. The molecule has 2 aromatic rings. The van der Waals surface area contributed by atoms with Crippen LogP contribution in [0.4, 0.5) is 4.79 Å². The minimum atomic E-state index is 0.0313. The summed E-state index contributed by atoms with van der Waals surface area (Å²) >= 11 is 0. The molecule has 3 rings (SSSR count). The maximum atomic E-state index is 12.1. The van der Waals surface area contributed by atoms with Gasteiger partial charge in [-0.3, -0.25) is 0 Å². The molecule has 2 heterocycles. The SMILES string of the molecule is Cc1nn(-c2ccccc2)c(C)c1CNC(=O)N1CCCC1. The first-order chi connectivity index (χ1) is 10.7. The molecule has 0 saturated carbocycles. The van der Waals surface area contributed by atoms with Crippen molar-refractivity contribution in [2.45, 2.75) is 33.2 Å². The zero-order valence-corrected chi connectivity index (χ0v) is 13.2. The number of aromatic nitrogens is 2. The maximum absolute atomic E-state index is 12.1. The highest BCUT2D eigenvalue weighted by Gasteiger charge is 2.19. The minimum Gasteiger partial charge on any atom is -0.334 e. The van der Waals surface area contributed by atoms with E-state index in [1.165, 1.54) is 0 Å². The number of amides is 2. The lowest BCUT2D eigenvalue weighted by atomic mass is 10.2. The second-order valence-electron chi connectivity index (χ2n) is 5.75. The first-order valence-corrected chi connectivity index (χ1v) is 7.80. The summed E-state index contributed by atoms with van der Waals surface area (Å²) in [5, 5.41) is 7.63. The average molecular weight is 298 g/mol. The van der Waals surface area contributed by atoms with Gasteiger partial charge in [-0.25, -0.2) is 9.48 Å². The third-order valence-corrected chi connectivity index (χ3v) is 4.25. The van der Waals surface area contributed by atoms with E-state index in [2.05, 4.69) is 10.4 Å². The van der Waals surface area contributed by atoms with Crippen molar-refractivity contribution < 1.29 is 4.79 Å². The van der Waals surface area contributed by atoms with Gasteiger partial charge in [-0.05, 0) is 38.8 Å². The fraction of sp³-hybridized carbons (Fsp3) is 0.412. The van der Waals surface area contributed by atoms with Gasteiger partial charge in [0.15, 0.2) is 0 Å². The molecule has 0 unspecified atom stereocenters. The molecule has 1 aliphatic heterocycles. The second kappa shape index (κ2) is 6.22. The first-order valence-electron chi connectivity index (χ1n) is 7.80. The Bertz CT molecular complexity index is 657. The van der Waals surface area contributed by atoms with Gasteiger partial charge in [0.25, 0.3) is 0 Å². The third kappa shape index (κ3) is 2.84. The molecule has 5 heteroatoms. The number of para-hydroxylation sites is 1. The van der Waals surface area contributed by atoms with Crippen LogP contribution in [0.25, 0.3) is 5.69 Å². The number of hydrogen-bond donors (Lipinski definition) is 1. The number of hydrogen-bond acceptors (Lipinski definition) is 2. The quantitative estimate of drug-likeness (QED) is 0.947.